The number of thiophene rings is 1. The largest absolute Gasteiger partial charge is 0.393 e. The Balaban J connectivity index is 2.07. The Morgan fingerprint density at radius 1 is 1.47 bits per heavy atom. The highest BCUT2D eigenvalue weighted by atomic mass is 35.5. The number of aliphatic hydroxyl groups excluding tert-OH is 1. The van der Waals surface area contributed by atoms with Crippen LogP contribution in [0.25, 0.3) is 0 Å². The molecule has 0 amide bonds. The van der Waals surface area contributed by atoms with Crippen molar-refractivity contribution in [2.75, 3.05) is 0 Å². The van der Waals surface area contributed by atoms with Gasteiger partial charge in [-0.2, -0.15) is 0 Å². The van der Waals surface area contributed by atoms with Gasteiger partial charge in [-0.25, -0.2) is 13.1 Å². The fraction of sp³-hybridized carbons (Fsp3) is 0.500. The standard InChI is InChI=1S/C8H10ClNO3S2/c9-7-1-2-8(14-7)15(12,13)10-5-3-6(11)4-5/h1-2,5-6,10-11H,3-4H2. The van der Waals surface area contributed by atoms with Crippen molar-refractivity contribution in [3.63, 3.8) is 0 Å². The van der Waals surface area contributed by atoms with Crippen LogP contribution < -0.4 is 4.72 Å². The molecule has 0 unspecified atom stereocenters. The van der Waals surface area contributed by atoms with E-state index in [1.807, 2.05) is 0 Å². The third-order valence-corrected chi connectivity index (χ3v) is 5.49. The van der Waals surface area contributed by atoms with Crippen LogP contribution in [-0.4, -0.2) is 25.7 Å². The van der Waals surface area contributed by atoms with E-state index in [4.69, 9.17) is 16.7 Å². The van der Waals surface area contributed by atoms with Gasteiger partial charge in [0.25, 0.3) is 0 Å². The Morgan fingerprint density at radius 3 is 2.60 bits per heavy atom. The van der Waals surface area contributed by atoms with Crippen molar-refractivity contribution < 1.29 is 13.5 Å². The Hall–Kier alpha value is -0.140. The van der Waals surface area contributed by atoms with Gasteiger partial charge in [-0.15, -0.1) is 11.3 Å². The molecule has 0 radical (unpaired) electrons. The lowest BCUT2D eigenvalue weighted by Crippen LogP contribution is -2.46. The monoisotopic (exact) mass is 267 g/mol. The third kappa shape index (κ3) is 2.51. The lowest BCUT2D eigenvalue weighted by molar-refractivity contribution is 0.0712. The lowest BCUT2D eigenvalue weighted by atomic mass is 9.91. The van der Waals surface area contributed by atoms with Gasteiger partial charge in [0.15, 0.2) is 0 Å². The van der Waals surface area contributed by atoms with Crippen LogP contribution in [0.2, 0.25) is 4.34 Å². The van der Waals surface area contributed by atoms with Crippen LogP contribution in [0.5, 0.6) is 0 Å². The van der Waals surface area contributed by atoms with Crippen molar-refractivity contribution in [3.05, 3.63) is 16.5 Å². The number of halogens is 1. The molecule has 1 aromatic heterocycles. The van der Waals surface area contributed by atoms with Gasteiger partial charge in [-0.05, 0) is 25.0 Å². The zero-order valence-electron chi connectivity index (χ0n) is 7.68. The van der Waals surface area contributed by atoms with Crippen LogP contribution in [-0.2, 0) is 10.0 Å². The van der Waals surface area contributed by atoms with Crippen LogP contribution in [0.15, 0.2) is 16.3 Å². The van der Waals surface area contributed by atoms with Gasteiger partial charge >= 0.3 is 0 Å². The number of hydrogen-bond donors (Lipinski definition) is 2. The van der Waals surface area contributed by atoms with Crippen molar-refractivity contribution in [1.29, 1.82) is 0 Å². The Kier molecular flexibility index (Phi) is 3.05. The summed E-state index contributed by atoms with van der Waals surface area (Å²) in [6.45, 7) is 0. The minimum Gasteiger partial charge on any atom is -0.393 e. The molecule has 2 rings (SSSR count). The molecule has 1 heterocycles. The SMILES string of the molecule is O=S(=O)(NC1CC(O)C1)c1ccc(Cl)s1. The summed E-state index contributed by atoms with van der Waals surface area (Å²) in [6, 6.07) is 2.88. The number of aliphatic hydroxyl groups is 1. The average Bonchev–Trinajstić information content (AvgIpc) is 2.49. The van der Waals surface area contributed by atoms with E-state index in [1.165, 1.54) is 6.07 Å². The summed E-state index contributed by atoms with van der Waals surface area (Å²) < 4.78 is 26.6. The van der Waals surface area contributed by atoms with Gasteiger partial charge in [0, 0.05) is 6.04 Å². The van der Waals surface area contributed by atoms with Crippen molar-refractivity contribution in [1.82, 2.24) is 4.72 Å². The molecular formula is C8H10ClNO3S2. The maximum Gasteiger partial charge on any atom is 0.250 e. The molecular weight excluding hydrogens is 258 g/mol. The quantitative estimate of drug-likeness (QED) is 0.865. The number of hydrogen-bond acceptors (Lipinski definition) is 4. The van der Waals surface area contributed by atoms with Crippen LogP contribution in [0.3, 0.4) is 0 Å². The summed E-state index contributed by atoms with van der Waals surface area (Å²) in [5, 5.41) is 9.04. The summed E-state index contributed by atoms with van der Waals surface area (Å²) in [4.78, 5) is 0. The topological polar surface area (TPSA) is 66.4 Å². The molecule has 84 valence electrons. The maximum absolute atomic E-state index is 11.7. The fourth-order valence-electron chi connectivity index (χ4n) is 1.40. The molecule has 0 aromatic carbocycles. The fourth-order valence-corrected chi connectivity index (χ4v) is 4.16. The highest BCUT2D eigenvalue weighted by Gasteiger charge is 2.31. The van der Waals surface area contributed by atoms with E-state index >= 15 is 0 Å². The molecule has 15 heavy (non-hydrogen) atoms. The molecule has 4 nitrogen and oxygen atoms in total. The molecule has 7 heteroatoms. The normalized spacial score (nSPS) is 26.3. The molecule has 1 saturated carbocycles. The molecule has 0 spiro atoms. The zero-order valence-corrected chi connectivity index (χ0v) is 10.1. The van der Waals surface area contributed by atoms with E-state index in [-0.39, 0.29) is 16.4 Å². The Labute approximate surface area is 96.9 Å². The van der Waals surface area contributed by atoms with E-state index in [0.717, 1.165) is 11.3 Å². The van der Waals surface area contributed by atoms with Gasteiger partial charge in [0.1, 0.15) is 4.21 Å². The minimum atomic E-state index is -3.45. The van der Waals surface area contributed by atoms with Crippen LogP contribution >= 0.6 is 22.9 Å². The van der Waals surface area contributed by atoms with E-state index in [1.54, 1.807) is 6.07 Å². The van der Waals surface area contributed by atoms with Crippen molar-refractivity contribution in [3.8, 4) is 0 Å². The first-order valence-corrected chi connectivity index (χ1v) is 7.11. The van der Waals surface area contributed by atoms with E-state index in [0.29, 0.717) is 17.2 Å². The van der Waals surface area contributed by atoms with E-state index < -0.39 is 10.0 Å². The van der Waals surface area contributed by atoms with Gasteiger partial charge < -0.3 is 5.11 Å². The highest BCUT2D eigenvalue weighted by Crippen LogP contribution is 2.27. The van der Waals surface area contributed by atoms with Crippen LogP contribution in [0, 0.1) is 0 Å². The minimum absolute atomic E-state index is 0.147. The Morgan fingerprint density at radius 2 is 2.13 bits per heavy atom. The second-order valence-electron chi connectivity index (χ2n) is 3.50. The lowest BCUT2D eigenvalue weighted by Gasteiger charge is -2.31. The first-order chi connectivity index (χ1) is 6.97. The van der Waals surface area contributed by atoms with E-state index in [2.05, 4.69) is 4.72 Å². The van der Waals surface area contributed by atoms with Gasteiger partial charge in [-0.1, -0.05) is 11.6 Å². The van der Waals surface area contributed by atoms with Gasteiger partial charge in [0.2, 0.25) is 10.0 Å². The van der Waals surface area contributed by atoms with E-state index in [9.17, 15) is 8.42 Å². The van der Waals surface area contributed by atoms with Gasteiger partial charge in [-0.3, -0.25) is 0 Å². The maximum atomic E-state index is 11.7. The number of nitrogens with one attached hydrogen (secondary N) is 1. The highest BCUT2D eigenvalue weighted by molar-refractivity contribution is 7.91. The smallest absolute Gasteiger partial charge is 0.250 e. The predicted octanol–water partition coefficient (Wildman–Crippen LogP) is 1.20. The zero-order chi connectivity index (χ0) is 11.1. The summed E-state index contributed by atoms with van der Waals surface area (Å²) in [7, 11) is -3.45. The number of rotatable bonds is 3. The average molecular weight is 268 g/mol. The molecule has 1 fully saturated rings. The summed E-state index contributed by atoms with van der Waals surface area (Å²) in [6.07, 6.45) is 0.598. The van der Waals surface area contributed by atoms with Crippen molar-refractivity contribution in [2.24, 2.45) is 0 Å². The number of sulfonamides is 1. The second kappa shape index (κ2) is 4.03. The molecule has 1 aliphatic carbocycles. The first-order valence-electron chi connectivity index (χ1n) is 4.43. The second-order valence-corrected chi connectivity index (χ2v) is 7.16. The van der Waals surface area contributed by atoms with Crippen molar-refractivity contribution in [2.45, 2.75) is 29.2 Å². The van der Waals surface area contributed by atoms with Crippen LogP contribution in [0.1, 0.15) is 12.8 Å². The summed E-state index contributed by atoms with van der Waals surface area (Å²) in [5.74, 6) is 0. The molecule has 0 atom stereocenters. The summed E-state index contributed by atoms with van der Waals surface area (Å²) in [5.41, 5.74) is 0. The molecule has 0 saturated heterocycles. The molecule has 0 aliphatic heterocycles. The van der Waals surface area contributed by atoms with Crippen LogP contribution in [0.4, 0.5) is 0 Å². The molecule has 2 N–H and O–H groups in total. The molecule has 0 bridgehead atoms. The Bertz CT molecular complexity index is 450. The van der Waals surface area contributed by atoms with Gasteiger partial charge in [0.05, 0.1) is 10.4 Å². The predicted molar refractivity (Wildman–Crippen MR) is 58.7 cm³/mol. The molecule has 1 aromatic rings. The van der Waals surface area contributed by atoms with Crippen molar-refractivity contribution >= 4 is 33.0 Å². The first kappa shape index (κ1) is 11.3. The summed E-state index contributed by atoms with van der Waals surface area (Å²) >= 11 is 6.68. The molecule has 1 aliphatic rings. The third-order valence-electron chi connectivity index (χ3n) is 2.25.